The third-order valence-corrected chi connectivity index (χ3v) is 3.94. The molecule has 0 aliphatic heterocycles. The first-order valence-electron chi connectivity index (χ1n) is 7.63. The number of aliphatic hydroxyl groups excluding tert-OH is 1. The van der Waals surface area contributed by atoms with Crippen LogP contribution in [0.2, 0.25) is 0 Å². The third-order valence-electron chi connectivity index (χ3n) is 3.94. The van der Waals surface area contributed by atoms with Crippen LogP contribution in [0.25, 0.3) is 16.7 Å². The highest BCUT2D eigenvalue weighted by atomic mass is 16.5. The van der Waals surface area contributed by atoms with E-state index in [0.717, 1.165) is 28.0 Å². The summed E-state index contributed by atoms with van der Waals surface area (Å²) in [5.74, 6) is 1.37. The quantitative estimate of drug-likeness (QED) is 0.852. The van der Waals surface area contributed by atoms with Crippen molar-refractivity contribution in [2.75, 3.05) is 13.7 Å². The molecule has 0 bridgehead atoms. The van der Waals surface area contributed by atoms with Crippen LogP contribution in [-0.4, -0.2) is 18.8 Å². The van der Waals surface area contributed by atoms with Gasteiger partial charge in [-0.2, -0.15) is 0 Å². The molecule has 0 aromatic heterocycles. The predicted octanol–water partition coefficient (Wildman–Crippen LogP) is 4.88. The minimum absolute atomic E-state index is 0.0673. The van der Waals surface area contributed by atoms with Crippen LogP contribution in [0, 0.1) is 0 Å². The van der Waals surface area contributed by atoms with Gasteiger partial charge in [0.1, 0.15) is 5.75 Å². The fraction of sp³-hybridized carbons (Fsp3) is 0.300. The Hall–Kier alpha value is -2.06. The Labute approximate surface area is 133 Å². The molecule has 0 amide bonds. The molecule has 2 aromatic rings. The second kappa shape index (κ2) is 7.28. The van der Waals surface area contributed by atoms with E-state index in [-0.39, 0.29) is 6.61 Å². The van der Waals surface area contributed by atoms with Crippen LogP contribution in [0.1, 0.15) is 37.8 Å². The van der Waals surface area contributed by atoms with Crippen molar-refractivity contribution in [1.82, 2.24) is 0 Å². The molecule has 0 aliphatic rings. The van der Waals surface area contributed by atoms with Crippen molar-refractivity contribution in [2.45, 2.75) is 26.7 Å². The van der Waals surface area contributed by atoms with Crippen LogP contribution in [0.15, 0.2) is 48.5 Å². The number of aliphatic hydroxyl groups is 1. The van der Waals surface area contributed by atoms with Crippen molar-refractivity contribution in [1.29, 1.82) is 0 Å². The highest BCUT2D eigenvalue weighted by Gasteiger charge is 2.09. The molecular formula is C20H24O2. The van der Waals surface area contributed by atoms with E-state index < -0.39 is 0 Å². The summed E-state index contributed by atoms with van der Waals surface area (Å²) in [6.45, 7) is 6.46. The van der Waals surface area contributed by atoms with Gasteiger partial charge in [-0.05, 0) is 47.2 Å². The van der Waals surface area contributed by atoms with Gasteiger partial charge in [-0.25, -0.2) is 0 Å². The third kappa shape index (κ3) is 3.58. The standard InChI is InChI=1S/C20H24O2/c1-14(2)18-9-10-20(22-4)19(13-18)17-7-5-16(6-8-17)15(3)11-12-21/h5-11,13-14,21H,12H2,1-4H3/b15-11-. The van der Waals surface area contributed by atoms with Crippen LogP contribution in [-0.2, 0) is 0 Å². The molecule has 0 heterocycles. The molecular weight excluding hydrogens is 272 g/mol. The fourth-order valence-corrected chi connectivity index (χ4v) is 2.48. The molecule has 0 unspecified atom stereocenters. The van der Waals surface area contributed by atoms with Crippen LogP contribution >= 0.6 is 0 Å². The van der Waals surface area contributed by atoms with Gasteiger partial charge < -0.3 is 9.84 Å². The molecule has 0 saturated heterocycles. The molecule has 0 atom stereocenters. The van der Waals surface area contributed by atoms with Crippen LogP contribution in [0.5, 0.6) is 5.75 Å². The van der Waals surface area contributed by atoms with Gasteiger partial charge in [0, 0.05) is 5.56 Å². The van der Waals surface area contributed by atoms with Crippen molar-refractivity contribution in [3.05, 3.63) is 59.7 Å². The summed E-state index contributed by atoms with van der Waals surface area (Å²) < 4.78 is 5.51. The molecule has 22 heavy (non-hydrogen) atoms. The fourth-order valence-electron chi connectivity index (χ4n) is 2.48. The van der Waals surface area contributed by atoms with Gasteiger partial charge in [-0.1, -0.05) is 50.3 Å². The predicted molar refractivity (Wildman–Crippen MR) is 93.3 cm³/mol. The van der Waals surface area contributed by atoms with Gasteiger partial charge in [-0.15, -0.1) is 0 Å². The maximum absolute atomic E-state index is 8.99. The Morgan fingerprint density at radius 2 is 1.82 bits per heavy atom. The molecule has 0 radical (unpaired) electrons. The SMILES string of the molecule is COc1ccc(C(C)C)cc1-c1ccc(/C(C)=C\CO)cc1. The van der Waals surface area contributed by atoms with E-state index in [1.54, 1.807) is 7.11 Å². The molecule has 0 spiro atoms. The smallest absolute Gasteiger partial charge is 0.126 e. The summed E-state index contributed by atoms with van der Waals surface area (Å²) in [4.78, 5) is 0. The van der Waals surface area contributed by atoms with Gasteiger partial charge in [0.15, 0.2) is 0 Å². The topological polar surface area (TPSA) is 29.5 Å². The lowest BCUT2D eigenvalue weighted by Crippen LogP contribution is -1.93. The molecule has 2 nitrogen and oxygen atoms in total. The van der Waals surface area contributed by atoms with E-state index in [1.165, 1.54) is 5.56 Å². The maximum atomic E-state index is 8.99. The van der Waals surface area contributed by atoms with E-state index in [2.05, 4.69) is 50.2 Å². The van der Waals surface area contributed by atoms with Gasteiger partial charge in [0.25, 0.3) is 0 Å². The van der Waals surface area contributed by atoms with E-state index in [4.69, 9.17) is 9.84 Å². The molecule has 0 saturated carbocycles. The van der Waals surface area contributed by atoms with Gasteiger partial charge in [-0.3, -0.25) is 0 Å². The molecule has 2 aromatic carbocycles. The van der Waals surface area contributed by atoms with Gasteiger partial charge in [0.2, 0.25) is 0 Å². The number of hydrogen-bond acceptors (Lipinski definition) is 2. The lowest BCUT2D eigenvalue weighted by atomic mass is 9.95. The Kier molecular flexibility index (Phi) is 5.40. The minimum Gasteiger partial charge on any atom is -0.496 e. The number of rotatable bonds is 5. The van der Waals surface area contributed by atoms with Crippen LogP contribution in [0.3, 0.4) is 0 Å². The van der Waals surface area contributed by atoms with E-state index in [0.29, 0.717) is 5.92 Å². The second-order valence-corrected chi connectivity index (χ2v) is 5.76. The lowest BCUT2D eigenvalue weighted by molar-refractivity contribution is 0.343. The largest absolute Gasteiger partial charge is 0.496 e. The monoisotopic (exact) mass is 296 g/mol. The maximum Gasteiger partial charge on any atom is 0.126 e. The Bertz CT molecular complexity index is 652. The lowest BCUT2D eigenvalue weighted by Gasteiger charge is -2.13. The van der Waals surface area contributed by atoms with Crippen molar-refractivity contribution in [3.63, 3.8) is 0 Å². The van der Waals surface area contributed by atoms with Crippen molar-refractivity contribution in [3.8, 4) is 16.9 Å². The summed E-state index contributed by atoms with van der Waals surface area (Å²) in [5, 5.41) is 8.99. The van der Waals surface area contributed by atoms with Crippen LogP contribution in [0.4, 0.5) is 0 Å². The summed E-state index contributed by atoms with van der Waals surface area (Å²) in [6.07, 6.45) is 1.81. The molecule has 2 heteroatoms. The molecule has 0 fully saturated rings. The van der Waals surface area contributed by atoms with Crippen molar-refractivity contribution >= 4 is 5.57 Å². The number of methoxy groups -OCH3 is 1. The molecule has 2 rings (SSSR count). The minimum atomic E-state index is 0.0673. The van der Waals surface area contributed by atoms with Crippen molar-refractivity contribution < 1.29 is 9.84 Å². The zero-order valence-electron chi connectivity index (χ0n) is 13.8. The number of allylic oxidation sites excluding steroid dienone is 1. The first kappa shape index (κ1) is 16.3. The summed E-state index contributed by atoms with van der Waals surface area (Å²) in [6, 6.07) is 14.7. The first-order valence-corrected chi connectivity index (χ1v) is 7.63. The van der Waals surface area contributed by atoms with E-state index >= 15 is 0 Å². The summed E-state index contributed by atoms with van der Waals surface area (Å²) >= 11 is 0. The number of ether oxygens (including phenoxy) is 1. The number of hydrogen-bond donors (Lipinski definition) is 1. The molecule has 116 valence electrons. The Balaban J connectivity index is 2.43. The van der Waals surface area contributed by atoms with E-state index in [9.17, 15) is 0 Å². The zero-order valence-corrected chi connectivity index (χ0v) is 13.8. The van der Waals surface area contributed by atoms with Gasteiger partial charge in [0.05, 0.1) is 13.7 Å². The molecule has 1 N–H and O–H groups in total. The van der Waals surface area contributed by atoms with Crippen molar-refractivity contribution in [2.24, 2.45) is 0 Å². The highest BCUT2D eigenvalue weighted by Crippen LogP contribution is 2.33. The van der Waals surface area contributed by atoms with Gasteiger partial charge >= 0.3 is 0 Å². The summed E-state index contributed by atoms with van der Waals surface area (Å²) in [5.41, 5.74) is 5.76. The second-order valence-electron chi connectivity index (χ2n) is 5.76. The molecule has 0 aliphatic carbocycles. The summed E-state index contributed by atoms with van der Waals surface area (Å²) in [7, 11) is 1.70. The average molecular weight is 296 g/mol. The van der Waals surface area contributed by atoms with E-state index in [1.807, 2.05) is 19.1 Å². The number of benzene rings is 2. The Morgan fingerprint density at radius 3 is 2.36 bits per heavy atom. The Morgan fingerprint density at radius 1 is 1.14 bits per heavy atom. The average Bonchev–Trinajstić information content (AvgIpc) is 2.54. The highest BCUT2D eigenvalue weighted by molar-refractivity contribution is 5.74. The zero-order chi connectivity index (χ0) is 16.1. The normalized spacial score (nSPS) is 11.8. The van der Waals surface area contributed by atoms with Crippen LogP contribution < -0.4 is 4.74 Å². The first-order chi connectivity index (χ1) is 10.6.